The first-order chi connectivity index (χ1) is 29.6. The first kappa shape index (κ1) is 33.5. The monoisotopic (exact) mass is 761 g/mol. The fourth-order valence-electron chi connectivity index (χ4n) is 11.2. The Morgan fingerprint density at radius 3 is 1.35 bits per heavy atom. The van der Waals surface area contributed by atoms with Crippen molar-refractivity contribution in [2.75, 3.05) is 0 Å². The van der Waals surface area contributed by atoms with Crippen molar-refractivity contribution in [2.24, 2.45) is 0 Å². The first-order valence-corrected chi connectivity index (χ1v) is 21.1. The quantitative estimate of drug-likeness (QED) is 0.155. The summed E-state index contributed by atoms with van der Waals surface area (Å²) in [6.07, 6.45) is 0. The lowest BCUT2D eigenvalue weighted by Gasteiger charge is -2.24. The maximum Gasteiger partial charge on any atom is 0.0619 e. The van der Waals surface area contributed by atoms with E-state index >= 15 is 0 Å². The highest BCUT2D eigenvalue weighted by molar-refractivity contribution is 6.23. The summed E-state index contributed by atoms with van der Waals surface area (Å²) in [7, 11) is 0. The molecule has 1 nitrogen and oxygen atoms in total. The number of fused-ring (bicyclic) bond motifs is 17. The van der Waals surface area contributed by atoms with Crippen molar-refractivity contribution in [3.63, 3.8) is 0 Å². The SMILES string of the molecule is CC1(C)c2ccccc2-c2c1ccc1c2c2ccccc2n1-c1c2ccccc2c(-c2ccc3c(c2)-c2ccccc2-c2ccccc2-c2ccccc2-3)c2ccccc12. The molecule has 1 heteroatoms. The van der Waals surface area contributed by atoms with E-state index in [1.54, 1.807) is 0 Å². The maximum absolute atomic E-state index is 2.57. The number of rotatable bonds is 2. The Morgan fingerprint density at radius 1 is 0.317 bits per heavy atom. The molecule has 0 amide bonds. The largest absolute Gasteiger partial charge is 0.308 e. The molecule has 11 aromatic rings. The summed E-state index contributed by atoms with van der Waals surface area (Å²) in [4.78, 5) is 0. The molecule has 0 radical (unpaired) electrons. The zero-order valence-corrected chi connectivity index (χ0v) is 33.5. The van der Waals surface area contributed by atoms with Crippen LogP contribution in [-0.2, 0) is 5.41 Å². The molecule has 1 aromatic heterocycles. The molecule has 0 spiro atoms. The second-order valence-electron chi connectivity index (χ2n) is 17.1. The van der Waals surface area contributed by atoms with Crippen molar-refractivity contribution in [2.45, 2.75) is 19.3 Å². The van der Waals surface area contributed by atoms with Gasteiger partial charge in [-0.1, -0.05) is 196 Å². The van der Waals surface area contributed by atoms with Crippen molar-refractivity contribution in [1.82, 2.24) is 4.57 Å². The van der Waals surface area contributed by atoms with E-state index in [1.165, 1.54) is 127 Å². The van der Waals surface area contributed by atoms with Crippen LogP contribution in [0.25, 0.3) is 116 Å². The third-order valence-corrected chi connectivity index (χ3v) is 13.8. The van der Waals surface area contributed by atoms with Gasteiger partial charge in [-0.15, -0.1) is 0 Å². The van der Waals surface area contributed by atoms with Crippen LogP contribution in [0.4, 0.5) is 0 Å². The first-order valence-electron chi connectivity index (χ1n) is 21.1. The van der Waals surface area contributed by atoms with Crippen LogP contribution in [0.1, 0.15) is 25.0 Å². The van der Waals surface area contributed by atoms with Gasteiger partial charge in [0, 0.05) is 27.0 Å². The van der Waals surface area contributed by atoms with Gasteiger partial charge in [0.25, 0.3) is 0 Å². The van der Waals surface area contributed by atoms with E-state index in [0.717, 1.165) is 0 Å². The lowest BCUT2D eigenvalue weighted by atomic mass is 9.79. The Bertz CT molecular complexity index is 3570. The van der Waals surface area contributed by atoms with Crippen LogP contribution in [-0.4, -0.2) is 4.57 Å². The van der Waals surface area contributed by atoms with Gasteiger partial charge in [-0.05, 0) is 107 Å². The van der Waals surface area contributed by atoms with Crippen molar-refractivity contribution in [1.29, 1.82) is 0 Å². The fraction of sp³-hybridized carbons (Fsp3) is 0.0508. The van der Waals surface area contributed by atoms with Gasteiger partial charge in [0.2, 0.25) is 0 Å². The van der Waals surface area contributed by atoms with Gasteiger partial charge in [0.05, 0.1) is 16.7 Å². The molecular weight excluding hydrogens is 723 g/mol. The Morgan fingerprint density at radius 2 is 0.767 bits per heavy atom. The highest BCUT2D eigenvalue weighted by Gasteiger charge is 2.37. The molecule has 0 aliphatic heterocycles. The zero-order valence-electron chi connectivity index (χ0n) is 33.5. The van der Waals surface area contributed by atoms with Gasteiger partial charge < -0.3 is 4.57 Å². The van der Waals surface area contributed by atoms with Crippen LogP contribution in [0.15, 0.2) is 200 Å². The number of nitrogens with zero attached hydrogens (tertiary/aromatic N) is 1. The Labute approximate surface area is 349 Å². The fourth-order valence-corrected chi connectivity index (χ4v) is 11.2. The van der Waals surface area contributed by atoms with Crippen LogP contribution in [0, 0.1) is 0 Å². The molecule has 0 bridgehead atoms. The van der Waals surface area contributed by atoms with Crippen LogP contribution in [0.2, 0.25) is 0 Å². The van der Waals surface area contributed by atoms with E-state index in [0.29, 0.717) is 0 Å². The molecule has 0 atom stereocenters. The van der Waals surface area contributed by atoms with Crippen molar-refractivity contribution in [3.8, 4) is 72.4 Å². The number of aromatic nitrogens is 1. The minimum absolute atomic E-state index is 0.0800. The average molecular weight is 762 g/mol. The number of hydrogen-bond acceptors (Lipinski definition) is 0. The minimum atomic E-state index is -0.0800. The smallest absolute Gasteiger partial charge is 0.0619 e. The van der Waals surface area contributed by atoms with Crippen LogP contribution in [0.5, 0.6) is 0 Å². The lowest BCUT2D eigenvalue weighted by Crippen LogP contribution is -2.14. The molecular formula is C59H39N. The van der Waals surface area contributed by atoms with Gasteiger partial charge in [-0.3, -0.25) is 0 Å². The minimum Gasteiger partial charge on any atom is -0.308 e. The summed E-state index contributed by atoms with van der Waals surface area (Å²) in [5, 5.41) is 7.59. The lowest BCUT2D eigenvalue weighted by molar-refractivity contribution is 0.661. The maximum atomic E-state index is 2.57. The summed E-state index contributed by atoms with van der Waals surface area (Å²) in [6.45, 7) is 4.76. The van der Waals surface area contributed by atoms with Crippen LogP contribution in [0.3, 0.4) is 0 Å². The van der Waals surface area contributed by atoms with Crippen molar-refractivity contribution in [3.05, 3.63) is 211 Å². The van der Waals surface area contributed by atoms with Gasteiger partial charge in [-0.2, -0.15) is 0 Å². The average Bonchev–Trinajstić information content (AvgIpc) is 3.75. The van der Waals surface area contributed by atoms with Gasteiger partial charge in [0.15, 0.2) is 0 Å². The summed E-state index contributed by atoms with van der Waals surface area (Å²) in [5.41, 5.74) is 21.7. The van der Waals surface area contributed by atoms with Gasteiger partial charge >= 0.3 is 0 Å². The molecule has 0 fully saturated rings. The van der Waals surface area contributed by atoms with Gasteiger partial charge in [-0.25, -0.2) is 0 Å². The predicted molar refractivity (Wildman–Crippen MR) is 254 cm³/mol. The zero-order chi connectivity index (χ0) is 39.7. The molecule has 0 saturated carbocycles. The van der Waals surface area contributed by atoms with Crippen molar-refractivity contribution < 1.29 is 0 Å². The normalized spacial score (nSPS) is 13.3. The summed E-state index contributed by atoms with van der Waals surface area (Å²) < 4.78 is 2.57. The molecule has 1 heterocycles. The third-order valence-electron chi connectivity index (χ3n) is 13.8. The molecule has 2 aliphatic carbocycles. The molecule has 0 N–H and O–H groups in total. The molecule has 280 valence electrons. The predicted octanol–water partition coefficient (Wildman–Crippen LogP) is 16.0. The summed E-state index contributed by atoms with van der Waals surface area (Å²) in [5.74, 6) is 0. The second kappa shape index (κ2) is 12.3. The summed E-state index contributed by atoms with van der Waals surface area (Å²) >= 11 is 0. The van der Waals surface area contributed by atoms with E-state index < -0.39 is 0 Å². The van der Waals surface area contributed by atoms with E-state index in [9.17, 15) is 0 Å². The molecule has 60 heavy (non-hydrogen) atoms. The molecule has 0 unspecified atom stereocenters. The summed E-state index contributed by atoms with van der Waals surface area (Å²) in [6, 6.07) is 75.0. The second-order valence-corrected chi connectivity index (χ2v) is 17.1. The third kappa shape index (κ3) is 4.41. The molecule has 2 aliphatic rings. The topological polar surface area (TPSA) is 4.93 Å². The molecule has 13 rings (SSSR count). The Kier molecular flexibility index (Phi) is 6.85. The molecule has 10 aromatic carbocycles. The highest BCUT2D eigenvalue weighted by Crippen LogP contribution is 2.55. The van der Waals surface area contributed by atoms with Crippen LogP contribution < -0.4 is 0 Å². The number of para-hydroxylation sites is 1. The highest BCUT2D eigenvalue weighted by atomic mass is 15.0. The van der Waals surface area contributed by atoms with E-state index in [2.05, 4.69) is 219 Å². The number of hydrogen-bond donors (Lipinski definition) is 0. The molecule has 0 saturated heterocycles. The van der Waals surface area contributed by atoms with E-state index in [-0.39, 0.29) is 5.41 Å². The Balaban J connectivity index is 1.12. The Hall–Kier alpha value is -7.48. The van der Waals surface area contributed by atoms with E-state index in [1.807, 2.05) is 0 Å². The van der Waals surface area contributed by atoms with Crippen LogP contribution >= 0.6 is 0 Å². The number of benzene rings is 10. The standard InChI is InChI=1S/C59H39N/c1-59(2)51-29-15-13-27-48(51)56-52(59)33-34-54-57(56)49-28-14-16-30-53(49)60(54)58-46-25-11-9-23-44(46)55(45-24-10-12-26-47(45)58)36-31-32-43-41-21-6-5-19-39(41)37-17-3-4-18-38(37)40-20-7-8-22-42(40)50(43)35-36/h3-35H,1-2H3. The van der Waals surface area contributed by atoms with Gasteiger partial charge in [0.1, 0.15) is 0 Å². The van der Waals surface area contributed by atoms with Crippen molar-refractivity contribution >= 4 is 43.4 Å². The van der Waals surface area contributed by atoms with E-state index in [4.69, 9.17) is 0 Å².